The van der Waals surface area contributed by atoms with E-state index in [4.69, 9.17) is 0 Å². The molecular formula is C13H24ClN5O3S. The van der Waals surface area contributed by atoms with Crippen molar-refractivity contribution in [1.82, 2.24) is 24.7 Å². The summed E-state index contributed by atoms with van der Waals surface area (Å²) in [6.07, 6.45) is 4.96. The van der Waals surface area contributed by atoms with E-state index in [1.807, 2.05) is 0 Å². The minimum Gasteiger partial charge on any atom is -0.337 e. The van der Waals surface area contributed by atoms with Gasteiger partial charge in [-0.2, -0.15) is 5.10 Å². The molecule has 1 aromatic heterocycles. The zero-order valence-corrected chi connectivity index (χ0v) is 15.2. The molecule has 0 aliphatic carbocycles. The first-order chi connectivity index (χ1) is 10.4. The second kappa shape index (κ2) is 8.09. The fraction of sp³-hybridized carbons (Fsp3) is 0.692. The normalized spacial score (nSPS) is 19.4. The van der Waals surface area contributed by atoms with Crippen LogP contribution >= 0.6 is 12.4 Å². The van der Waals surface area contributed by atoms with Gasteiger partial charge in [-0.1, -0.05) is 0 Å². The maximum atomic E-state index is 12.8. The predicted octanol–water partition coefficient (Wildman–Crippen LogP) is -0.357. The fourth-order valence-corrected chi connectivity index (χ4v) is 3.84. The molecule has 1 aliphatic heterocycles. The zero-order valence-electron chi connectivity index (χ0n) is 13.5. The first-order valence-corrected chi connectivity index (χ1v) is 8.90. The van der Waals surface area contributed by atoms with Crippen molar-refractivity contribution >= 4 is 28.3 Å². The summed E-state index contributed by atoms with van der Waals surface area (Å²) in [5.41, 5.74) is 0.775. The van der Waals surface area contributed by atoms with E-state index in [2.05, 4.69) is 15.1 Å². The van der Waals surface area contributed by atoms with Gasteiger partial charge in [0.15, 0.2) is 0 Å². The van der Waals surface area contributed by atoms with Gasteiger partial charge < -0.3 is 10.2 Å². The number of hydrogen-bond donors (Lipinski definition) is 2. The number of amides is 1. The lowest BCUT2D eigenvalue weighted by molar-refractivity contribution is -0.134. The maximum Gasteiger partial charge on any atom is 0.244 e. The Hall–Kier alpha value is -1.16. The molecule has 23 heavy (non-hydrogen) atoms. The van der Waals surface area contributed by atoms with Crippen LogP contribution in [-0.4, -0.2) is 61.4 Å². The lowest BCUT2D eigenvalue weighted by atomic mass is 10.1. The Morgan fingerprint density at radius 3 is 2.70 bits per heavy atom. The van der Waals surface area contributed by atoms with E-state index in [1.165, 1.54) is 7.05 Å². The highest BCUT2D eigenvalue weighted by molar-refractivity contribution is 7.89. The van der Waals surface area contributed by atoms with Crippen LogP contribution < -0.4 is 10.0 Å². The molecule has 1 aliphatic rings. The van der Waals surface area contributed by atoms with Crippen LogP contribution in [0.1, 0.15) is 24.4 Å². The number of aromatic nitrogens is 2. The minimum absolute atomic E-state index is 0. The number of hydrogen-bond acceptors (Lipinski definition) is 5. The molecule has 1 amide bonds. The van der Waals surface area contributed by atoms with Crippen LogP contribution in [0.25, 0.3) is 0 Å². The molecule has 2 heterocycles. The summed E-state index contributed by atoms with van der Waals surface area (Å²) in [6.45, 7) is 0.585. The maximum absolute atomic E-state index is 12.8. The number of carbonyl (C=O) groups excluding carboxylic acids is 1. The van der Waals surface area contributed by atoms with Gasteiger partial charge in [-0.15, -0.1) is 12.4 Å². The second-order valence-electron chi connectivity index (χ2n) is 5.48. The third-order valence-electron chi connectivity index (χ3n) is 3.98. The molecule has 0 spiro atoms. The number of aryl methyl sites for hydroxylation is 1. The molecule has 2 atom stereocenters. The van der Waals surface area contributed by atoms with Gasteiger partial charge in [0.2, 0.25) is 15.9 Å². The summed E-state index contributed by atoms with van der Waals surface area (Å²) >= 11 is 0. The average molecular weight is 366 g/mol. The van der Waals surface area contributed by atoms with E-state index in [1.54, 1.807) is 36.1 Å². The van der Waals surface area contributed by atoms with Gasteiger partial charge in [0, 0.05) is 31.4 Å². The van der Waals surface area contributed by atoms with Crippen molar-refractivity contribution < 1.29 is 13.2 Å². The molecular weight excluding hydrogens is 342 g/mol. The van der Waals surface area contributed by atoms with Gasteiger partial charge in [-0.05, 0) is 26.9 Å². The van der Waals surface area contributed by atoms with Crippen molar-refractivity contribution in [3.63, 3.8) is 0 Å². The third-order valence-corrected chi connectivity index (χ3v) is 5.42. The van der Waals surface area contributed by atoms with Crippen molar-refractivity contribution in [3.8, 4) is 0 Å². The van der Waals surface area contributed by atoms with Crippen LogP contribution in [0, 0.1) is 0 Å². The molecule has 8 nitrogen and oxygen atoms in total. The van der Waals surface area contributed by atoms with Crippen molar-refractivity contribution in [1.29, 1.82) is 0 Å². The summed E-state index contributed by atoms with van der Waals surface area (Å²) in [5, 5.41) is 7.08. The molecule has 1 aromatic rings. The number of rotatable bonds is 6. The Balaban J connectivity index is 0.00000264. The summed E-state index contributed by atoms with van der Waals surface area (Å²) in [6, 6.07) is -0.788. The van der Waals surface area contributed by atoms with E-state index < -0.39 is 16.1 Å². The topological polar surface area (TPSA) is 96.3 Å². The quantitative estimate of drug-likeness (QED) is 0.717. The molecule has 2 unspecified atom stereocenters. The number of nitrogens with one attached hydrogen (secondary N) is 2. The summed E-state index contributed by atoms with van der Waals surface area (Å²) in [7, 11) is 1.55. The van der Waals surface area contributed by atoms with E-state index in [-0.39, 0.29) is 30.1 Å². The molecule has 1 saturated heterocycles. The fourth-order valence-electron chi connectivity index (χ4n) is 2.82. The van der Waals surface area contributed by atoms with Gasteiger partial charge in [-0.3, -0.25) is 9.48 Å². The van der Waals surface area contributed by atoms with Crippen LogP contribution in [0.15, 0.2) is 12.4 Å². The highest BCUT2D eigenvalue weighted by Gasteiger charge is 2.35. The zero-order chi connectivity index (χ0) is 16.3. The number of halogens is 1. The Bertz CT molecular complexity index is 633. The van der Waals surface area contributed by atoms with Crippen LogP contribution in [0.4, 0.5) is 0 Å². The van der Waals surface area contributed by atoms with Crippen molar-refractivity contribution in [2.75, 3.05) is 26.4 Å². The average Bonchev–Trinajstić information content (AvgIpc) is 3.08. The number of carbonyl (C=O) groups is 1. The summed E-state index contributed by atoms with van der Waals surface area (Å²) < 4.78 is 27.5. The molecule has 10 heteroatoms. The van der Waals surface area contributed by atoms with E-state index >= 15 is 0 Å². The van der Waals surface area contributed by atoms with Crippen LogP contribution in [0.3, 0.4) is 0 Å². The summed E-state index contributed by atoms with van der Waals surface area (Å²) in [5.74, 6) is -0.164. The van der Waals surface area contributed by atoms with E-state index in [0.29, 0.717) is 13.0 Å². The Kier molecular flexibility index (Phi) is 7.00. The lowest BCUT2D eigenvalue weighted by Gasteiger charge is -2.28. The third kappa shape index (κ3) is 4.66. The van der Waals surface area contributed by atoms with Gasteiger partial charge >= 0.3 is 0 Å². The SMILES string of the molecule is CNC(C(=O)N1CCCC1CS(=O)(=O)NC)c1cnn(C)c1.Cl. The molecule has 0 saturated carbocycles. The molecule has 0 radical (unpaired) electrons. The van der Waals surface area contributed by atoms with Gasteiger partial charge in [0.25, 0.3) is 0 Å². The number of likely N-dealkylation sites (N-methyl/N-ethyl adjacent to an activating group) is 1. The van der Waals surface area contributed by atoms with Gasteiger partial charge in [-0.25, -0.2) is 13.1 Å². The van der Waals surface area contributed by atoms with Crippen LogP contribution in [0.2, 0.25) is 0 Å². The number of nitrogens with zero attached hydrogens (tertiary/aromatic N) is 3. The molecule has 132 valence electrons. The molecule has 2 N–H and O–H groups in total. The Morgan fingerprint density at radius 1 is 1.48 bits per heavy atom. The van der Waals surface area contributed by atoms with Gasteiger partial charge in [0.1, 0.15) is 6.04 Å². The number of likely N-dealkylation sites (tertiary alicyclic amines) is 1. The Morgan fingerprint density at radius 2 is 2.17 bits per heavy atom. The van der Waals surface area contributed by atoms with Gasteiger partial charge in [0.05, 0.1) is 11.9 Å². The minimum atomic E-state index is -3.34. The first-order valence-electron chi connectivity index (χ1n) is 7.25. The van der Waals surface area contributed by atoms with E-state index in [0.717, 1.165) is 12.0 Å². The lowest BCUT2D eigenvalue weighted by Crippen LogP contribution is -2.46. The number of sulfonamides is 1. The molecule has 1 fully saturated rings. The second-order valence-corrected chi connectivity index (χ2v) is 7.45. The molecule has 2 rings (SSSR count). The summed E-state index contributed by atoms with van der Waals surface area (Å²) in [4.78, 5) is 14.5. The smallest absolute Gasteiger partial charge is 0.244 e. The first kappa shape index (κ1) is 19.9. The van der Waals surface area contributed by atoms with E-state index in [9.17, 15) is 13.2 Å². The van der Waals surface area contributed by atoms with Crippen molar-refractivity contribution in [2.24, 2.45) is 7.05 Å². The van der Waals surface area contributed by atoms with Crippen LogP contribution in [-0.2, 0) is 21.9 Å². The van der Waals surface area contributed by atoms with Crippen molar-refractivity contribution in [2.45, 2.75) is 24.9 Å². The monoisotopic (exact) mass is 365 g/mol. The molecule has 0 bridgehead atoms. The standard InChI is InChI=1S/C13H23N5O3S.ClH/c1-14-12(10-7-16-17(3)8-10)13(19)18-6-4-5-11(18)9-22(20,21)15-2;/h7-8,11-12,14-15H,4-6,9H2,1-3H3;1H. The predicted molar refractivity (Wildman–Crippen MR) is 89.8 cm³/mol. The highest BCUT2D eigenvalue weighted by atomic mass is 35.5. The highest BCUT2D eigenvalue weighted by Crippen LogP contribution is 2.24. The van der Waals surface area contributed by atoms with Crippen molar-refractivity contribution in [3.05, 3.63) is 18.0 Å². The Labute approximate surface area is 143 Å². The largest absolute Gasteiger partial charge is 0.337 e. The molecule has 0 aromatic carbocycles. The van der Waals surface area contributed by atoms with Crippen LogP contribution in [0.5, 0.6) is 0 Å².